The van der Waals surface area contributed by atoms with Gasteiger partial charge in [-0.25, -0.2) is 0 Å². The van der Waals surface area contributed by atoms with Gasteiger partial charge >= 0.3 is 0 Å². The molecule has 3 aromatic rings. The van der Waals surface area contributed by atoms with E-state index >= 15 is 0 Å². The van der Waals surface area contributed by atoms with Crippen molar-refractivity contribution in [1.82, 2.24) is 10.1 Å². The molecule has 0 bridgehead atoms. The predicted octanol–water partition coefficient (Wildman–Crippen LogP) is 4.13. The third-order valence-corrected chi connectivity index (χ3v) is 4.53. The minimum Gasteiger partial charge on any atom is -0.355 e. The number of thiophene rings is 1. The number of halogens is 1. The van der Waals surface area contributed by atoms with Gasteiger partial charge in [0, 0.05) is 12.6 Å². The summed E-state index contributed by atoms with van der Waals surface area (Å²) in [5.41, 5.74) is 1.39. The van der Waals surface area contributed by atoms with Gasteiger partial charge in [-0.2, -0.15) is 0 Å². The van der Waals surface area contributed by atoms with Gasteiger partial charge in [0.1, 0.15) is 0 Å². The lowest BCUT2D eigenvalue weighted by Crippen LogP contribution is -2.30. The number of hydrogen-bond donors (Lipinski definition) is 1. The highest BCUT2D eigenvalue weighted by Crippen LogP contribution is 2.25. The van der Waals surface area contributed by atoms with Crippen molar-refractivity contribution in [2.75, 3.05) is 18.9 Å². The standard InChI is InChI=1S/C17H16ClN3O2S/c1-21(11-17(22)19-14-6-3-2-5-13(14)18)10-12-9-15(23-20-12)16-7-4-8-24-16/h2-9H,10-11H2,1H3,(H,19,22). The van der Waals surface area contributed by atoms with Crippen LogP contribution in [0.4, 0.5) is 5.69 Å². The lowest BCUT2D eigenvalue weighted by atomic mass is 10.3. The topological polar surface area (TPSA) is 58.4 Å². The van der Waals surface area contributed by atoms with Gasteiger partial charge in [-0.3, -0.25) is 9.69 Å². The van der Waals surface area contributed by atoms with E-state index in [1.165, 1.54) is 0 Å². The molecule has 0 atom stereocenters. The lowest BCUT2D eigenvalue weighted by molar-refractivity contribution is -0.117. The number of benzene rings is 1. The van der Waals surface area contributed by atoms with E-state index in [2.05, 4.69) is 10.5 Å². The zero-order valence-corrected chi connectivity index (χ0v) is 14.6. The van der Waals surface area contributed by atoms with E-state index < -0.39 is 0 Å². The highest BCUT2D eigenvalue weighted by molar-refractivity contribution is 7.13. The molecule has 2 aromatic heterocycles. The Morgan fingerprint density at radius 2 is 2.17 bits per heavy atom. The minimum atomic E-state index is -0.132. The van der Waals surface area contributed by atoms with Crippen LogP contribution in [0.1, 0.15) is 5.69 Å². The van der Waals surface area contributed by atoms with Crippen LogP contribution in [0.5, 0.6) is 0 Å². The fourth-order valence-electron chi connectivity index (χ4n) is 2.25. The quantitative estimate of drug-likeness (QED) is 0.717. The van der Waals surface area contributed by atoms with E-state index in [1.807, 2.05) is 47.7 Å². The largest absolute Gasteiger partial charge is 0.355 e. The molecule has 1 N–H and O–H groups in total. The predicted molar refractivity (Wildman–Crippen MR) is 96.2 cm³/mol. The number of rotatable bonds is 6. The van der Waals surface area contributed by atoms with E-state index in [0.29, 0.717) is 17.3 Å². The Hall–Kier alpha value is -2.15. The molecule has 5 nitrogen and oxygen atoms in total. The summed E-state index contributed by atoms with van der Waals surface area (Å²) in [5.74, 6) is 0.612. The van der Waals surface area contributed by atoms with Crippen LogP contribution in [-0.2, 0) is 11.3 Å². The zero-order chi connectivity index (χ0) is 16.9. The molecule has 0 aliphatic rings. The Morgan fingerprint density at radius 1 is 1.33 bits per heavy atom. The summed E-state index contributed by atoms with van der Waals surface area (Å²) >= 11 is 7.63. The van der Waals surface area contributed by atoms with Crippen molar-refractivity contribution in [3.63, 3.8) is 0 Å². The molecule has 0 aliphatic heterocycles. The molecule has 0 radical (unpaired) electrons. The molecule has 0 saturated carbocycles. The molecule has 0 aliphatic carbocycles. The van der Waals surface area contributed by atoms with Gasteiger partial charge in [-0.1, -0.05) is 35.0 Å². The summed E-state index contributed by atoms with van der Waals surface area (Å²) in [6.07, 6.45) is 0. The van der Waals surface area contributed by atoms with E-state index in [-0.39, 0.29) is 12.5 Å². The first-order valence-electron chi connectivity index (χ1n) is 7.34. The summed E-state index contributed by atoms with van der Waals surface area (Å²) in [6, 6.07) is 13.0. The van der Waals surface area contributed by atoms with Crippen molar-refractivity contribution in [3.8, 4) is 10.6 Å². The first kappa shape index (κ1) is 16.7. The van der Waals surface area contributed by atoms with Crippen LogP contribution in [0.25, 0.3) is 10.6 Å². The van der Waals surface area contributed by atoms with Crippen molar-refractivity contribution in [1.29, 1.82) is 0 Å². The van der Waals surface area contributed by atoms with Gasteiger partial charge in [0.15, 0.2) is 5.76 Å². The smallest absolute Gasteiger partial charge is 0.238 e. The Kier molecular flexibility index (Phi) is 5.30. The van der Waals surface area contributed by atoms with E-state index in [0.717, 1.165) is 16.3 Å². The number of carbonyl (C=O) groups is 1. The minimum absolute atomic E-state index is 0.132. The second kappa shape index (κ2) is 7.61. The second-order valence-electron chi connectivity index (χ2n) is 5.36. The molecule has 1 amide bonds. The summed E-state index contributed by atoms with van der Waals surface area (Å²) in [7, 11) is 1.85. The fourth-order valence-corrected chi connectivity index (χ4v) is 3.11. The molecule has 7 heteroatoms. The Balaban J connectivity index is 1.55. The van der Waals surface area contributed by atoms with Crippen molar-refractivity contribution in [2.24, 2.45) is 0 Å². The van der Waals surface area contributed by atoms with Crippen molar-refractivity contribution < 1.29 is 9.32 Å². The first-order valence-corrected chi connectivity index (χ1v) is 8.60. The Bertz CT molecular complexity index is 817. The lowest BCUT2D eigenvalue weighted by Gasteiger charge is -2.15. The van der Waals surface area contributed by atoms with E-state index in [4.69, 9.17) is 16.1 Å². The molecule has 3 rings (SSSR count). The maximum absolute atomic E-state index is 12.1. The molecule has 124 valence electrons. The number of nitrogens with one attached hydrogen (secondary N) is 1. The monoisotopic (exact) mass is 361 g/mol. The van der Waals surface area contributed by atoms with Crippen LogP contribution in [0, 0.1) is 0 Å². The summed E-state index contributed by atoms with van der Waals surface area (Å²) in [5, 5.41) is 9.36. The average molecular weight is 362 g/mol. The highest BCUT2D eigenvalue weighted by Gasteiger charge is 2.12. The first-order chi connectivity index (χ1) is 11.6. The van der Waals surface area contributed by atoms with Crippen LogP contribution < -0.4 is 5.32 Å². The van der Waals surface area contributed by atoms with Gasteiger partial charge in [-0.15, -0.1) is 11.3 Å². The molecule has 1 aromatic carbocycles. The fraction of sp³-hybridized carbons (Fsp3) is 0.176. The van der Waals surface area contributed by atoms with Gasteiger partial charge in [0.2, 0.25) is 5.91 Å². The van der Waals surface area contributed by atoms with Crippen molar-refractivity contribution >= 4 is 34.5 Å². The molecule has 24 heavy (non-hydrogen) atoms. The summed E-state index contributed by atoms with van der Waals surface area (Å²) < 4.78 is 5.34. The van der Waals surface area contributed by atoms with Crippen LogP contribution in [-0.4, -0.2) is 29.6 Å². The number of para-hydroxylation sites is 1. The molecule has 0 fully saturated rings. The Morgan fingerprint density at radius 3 is 2.92 bits per heavy atom. The van der Waals surface area contributed by atoms with E-state index in [9.17, 15) is 4.79 Å². The van der Waals surface area contributed by atoms with E-state index in [1.54, 1.807) is 23.5 Å². The van der Waals surface area contributed by atoms with Crippen molar-refractivity contribution in [3.05, 3.63) is 58.6 Å². The number of anilines is 1. The van der Waals surface area contributed by atoms with Gasteiger partial charge in [-0.05, 0) is 30.6 Å². The zero-order valence-electron chi connectivity index (χ0n) is 13.0. The molecule has 0 unspecified atom stereocenters. The van der Waals surface area contributed by atoms with Crippen molar-refractivity contribution in [2.45, 2.75) is 6.54 Å². The highest BCUT2D eigenvalue weighted by atomic mass is 35.5. The Labute approximate surface area is 148 Å². The third-order valence-electron chi connectivity index (χ3n) is 3.32. The van der Waals surface area contributed by atoms with Gasteiger partial charge in [0.05, 0.1) is 27.8 Å². The summed E-state index contributed by atoms with van der Waals surface area (Å²) in [6.45, 7) is 0.747. The van der Waals surface area contributed by atoms with Crippen LogP contribution in [0.15, 0.2) is 52.4 Å². The molecule has 2 heterocycles. The number of aromatic nitrogens is 1. The molecule has 0 saturated heterocycles. The second-order valence-corrected chi connectivity index (χ2v) is 6.72. The number of likely N-dealkylation sites (N-methyl/N-ethyl adjacent to an activating group) is 1. The van der Waals surface area contributed by atoms with Gasteiger partial charge in [0.25, 0.3) is 0 Å². The number of carbonyl (C=O) groups excluding carboxylic acids is 1. The number of amides is 1. The normalized spacial score (nSPS) is 11.0. The van der Waals surface area contributed by atoms with Crippen LogP contribution in [0.2, 0.25) is 5.02 Å². The van der Waals surface area contributed by atoms with Gasteiger partial charge < -0.3 is 9.84 Å². The molecular weight excluding hydrogens is 346 g/mol. The molecular formula is C17H16ClN3O2S. The SMILES string of the molecule is CN(CC(=O)Nc1ccccc1Cl)Cc1cc(-c2cccs2)on1. The number of hydrogen-bond acceptors (Lipinski definition) is 5. The maximum atomic E-state index is 12.1. The third kappa shape index (κ3) is 4.23. The number of nitrogens with zero attached hydrogens (tertiary/aromatic N) is 2. The maximum Gasteiger partial charge on any atom is 0.238 e. The van der Waals surface area contributed by atoms with Crippen LogP contribution in [0.3, 0.4) is 0 Å². The molecule has 0 spiro atoms. The van der Waals surface area contributed by atoms with Crippen LogP contribution >= 0.6 is 22.9 Å². The average Bonchev–Trinajstić information content (AvgIpc) is 3.20. The summed E-state index contributed by atoms with van der Waals surface area (Å²) in [4.78, 5) is 15.0.